The van der Waals surface area contributed by atoms with Crippen LogP contribution in [0.1, 0.15) is 0 Å². The lowest BCUT2D eigenvalue weighted by Crippen LogP contribution is -2.50. The van der Waals surface area contributed by atoms with Crippen LogP contribution in [0.3, 0.4) is 0 Å². The van der Waals surface area contributed by atoms with E-state index in [9.17, 15) is 29.1 Å². The molecule has 2 amide bonds. The van der Waals surface area contributed by atoms with Crippen molar-refractivity contribution < 1.29 is 68.8 Å². The number of rotatable bonds is 25. The molecule has 0 aromatic heterocycles. The Bertz CT molecular complexity index is 742. The van der Waals surface area contributed by atoms with Gasteiger partial charge >= 0.3 is 17.9 Å². The summed E-state index contributed by atoms with van der Waals surface area (Å²) in [4.78, 5) is 59.9. The zero-order chi connectivity index (χ0) is 29.6. The summed E-state index contributed by atoms with van der Waals surface area (Å²) >= 11 is 0. The Morgan fingerprint density at radius 2 is 1.08 bits per heavy atom. The smallest absolute Gasteiger partial charge is 0.338 e. The van der Waals surface area contributed by atoms with E-state index in [-0.39, 0.29) is 78.9 Å². The lowest BCUT2D eigenvalue weighted by atomic mass is 10.3. The fourth-order valence-corrected chi connectivity index (χ4v) is 2.96. The molecular formula is C21H38N4O14. The van der Waals surface area contributed by atoms with Gasteiger partial charge in [-0.05, 0) is 0 Å². The average molecular weight is 571 g/mol. The minimum Gasteiger partial charge on any atom is -0.480 e. The van der Waals surface area contributed by atoms with Crippen LogP contribution in [-0.4, -0.2) is 175 Å². The van der Waals surface area contributed by atoms with Crippen LogP contribution in [-0.2, 0) is 38.2 Å². The van der Waals surface area contributed by atoms with Crippen LogP contribution >= 0.6 is 0 Å². The van der Waals surface area contributed by atoms with Gasteiger partial charge in [0.1, 0.15) is 6.79 Å². The van der Waals surface area contributed by atoms with Gasteiger partial charge in [-0.2, -0.15) is 0 Å². The van der Waals surface area contributed by atoms with Crippen LogP contribution in [0.2, 0.25) is 0 Å². The summed E-state index contributed by atoms with van der Waals surface area (Å²) in [5, 5.41) is 57.8. The monoisotopic (exact) mass is 570 g/mol. The van der Waals surface area contributed by atoms with E-state index in [0.29, 0.717) is 0 Å². The minimum atomic E-state index is -2.09. The summed E-state index contributed by atoms with van der Waals surface area (Å²) < 4.78 is 15.4. The number of carbonyl (C=O) groups excluding carboxylic acids is 2. The van der Waals surface area contributed by atoms with E-state index in [1.807, 2.05) is 5.32 Å². The molecule has 18 heteroatoms. The van der Waals surface area contributed by atoms with Crippen molar-refractivity contribution in [2.75, 3.05) is 92.3 Å². The largest absolute Gasteiger partial charge is 0.480 e. The maximum atomic E-state index is 12.1. The van der Waals surface area contributed by atoms with Gasteiger partial charge in [0, 0.05) is 26.2 Å². The predicted octanol–water partition coefficient (Wildman–Crippen LogP) is -5.20. The van der Waals surface area contributed by atoms with Crippen molar-refractivity contribution in [2.24, 2.45) is 0 Å². The molecule has 0 bridgehead atoms. The second kappa shape index (κ2) is 21.9. The molecule has 0 radical (unpaired) electrons. The van der Waals surface area contributed by atoms with Crippen LogP contribution in [0.4, 0.5) is 0 Å². The summed E-state index contributed by atoms with van der Waals surface area (Å²) in [6.07, 6.45) is 0. The molecule has 226 valence electrons. The van der Waals surface area contributed by atoms with E-state index in [1.54, 1.807) is 4.90 Å². The first-order valence-corrected chi connectivity index (χ1v) is 11.8. The van der Waals surface area contributed by atoms with Crippen molar-refractivity contribution >= 4 is 29.7 Å². The lowest BCUT2D eigenvalue weighted by molar-refractivity contribution is -0.153. The average Bonchev–Trinajstić information content (AvgIpc) is 2.86. The van der Waals surface area contributed by atoms with Gasteiger partial charge in [-0.15, -0.1) is 0 Å². The fourth-order valence-electron chi connectivity index (χ4n) is 2.96. The van der Waals surface area contributed by atoms with Gasteiger partial charge in [-0.3, -0.25) is 19.4 Å². The number of hydrogen-bond acceptors (Lipinski definition) is 13. The molecule has 0 aliphatic carbocycles. The summed E-state index contributed by atoms with van der Waals surface area (Å²) in [5.41, 5.74) is 0. The SMILES string of the molecule is O=C(CN(CCO)CCOCCOCCN(CCO)CC(=O)NC(C(=O)O)C(=O)O)NC(COCO)C(=O)O. The molecule has 0 aromatic rings. The molecule has 0 aliphatic rings. The van der Waals surface area contributed by atoms with E-state index >= 15 is 0 Å². The number of amides is 2. The predicted molar refractivity (Wildman–Crippen MR) is 128 cm³/mol. The van der Waals surface area contributed by atoms with Crippen molar-refractivity contribution in [1.29, 1.82) is 0 Å². The Kier molecular flexibility index (Phi) is 20.2. The Hall–Kier alpha value is -2.97. The van der Waals surface area contributed by atoms with E-state index in [2.05, 4.69) is 10.1 Å². The highest BCUT2D eigenvalue weighted by Gasteiger charge is 2.28. The third kappa shape index (κ3) is 18.0. The lowest BCUT2D eigenvalue weighted by Gasteiger charge is -2.22. The number of aliphatic hydroxyl groups excluding tert-OH is 3. The molecule has 0 aromatic carbocycles. The molecule has 0 saturated heterocycles. The fraction of sp³-hybridized carbons (Fsp3) is 0.762. The Balaban J connectivity index is 4.30. The first kappa shape index (κ1) is 36.0. The molecule has 8 N–H and O–H groups in total. The van der Waals surface area contributed by atoms with Gasteiger partial charge < -0.3 is 55.5 Å². The molecule has 0 saturated carbocycles. The molecule has 0 aliphatic heterocycles. The number of aliphatic hydroxyl groups is 3. The van der Waals surface area contributed by atoms with Gasteiger partial charge in [-0.1, -0.05) is 0 Å². The molecule has 0 fully saturated rings. The molecule has 1 unspecified atom stereocenters. The zero-order valence-electron chi connectivity index (χ0n) is 21.4. The first-order valence-electron chi connectivity index (χ1n) is 11.8. The Labute approximate surface area is 224 Å². The number of carbonyl (C=O) groups is 5. The van der Waals surface area contributed by atoms with Crippen LogP contribution in [0.25, 0.3) is 0 Å². The van der Waals surface area contributed by atoms with Gasteiger partial charge in [0.25, 0.3) is 0 Å². The van der Waals surface area contributed by atoms with Crippen molar-refractivity contribution in [1.82, 2.24) is 20.4 Å². The number of aliphatic carboxylic acids is 3. The molecule has 0 rings (SSSR count). The summed E-state index contributed by atoms with van der Waals surface area (Å²) in [5.74, 6) is -6.23. The summed E-state index contributed by atoms with van der Waals surface area (Å²) in [6, 6.07) is -3.43. The molecule has 18 nitrogen and oxygen atoms in total. The maximum absolute atomic E-state index is 12.1. The molecule has 39 heavy (non-hydrogen) atoms. The summed E-state index contributed by atoms with van der Waals surface area (Å²) in [7, 11) is 0. The first-order chi connectivity index (χ1) is 18.5. The van der Waals surface area contributed by atoms with Crippen LogP contribution < -0.4 is 10.6 Å². The maximum Gasteiger partial charge on any atom is 0.338 e. The highest BCUT2D eigenvalue weighted by Crippen LogP contribution is 1.94. The third-order valence-corrected chi connectivity index (χ3v) is 4.85. The van der Waals surface area contributed by atoms with Gasteiger partial charge in [-0.25, -0.2) is 14.4 Å². The number of nitrogens with zero attached hydrogens (tertiary/aromatic N) is 2. The highest BCUT2D eigenvalue weighted by molar-refractivity contribution is 6.01. The number of carboxylic acids is 3. The highest BCUT2D eigenvalue weighted by atomic mass is 16.6. The second-order valence-corrected chi connectivity index (χ2v) is 7.86. The van der Waals surface area contributed by atoms with Crippen LogP contribution in [0.15, 0.2) is 0 Å². The van der Waals surface area contributed by atoms with E-state index in [0.717, 1.165) is 0 Å². The van der Waals surface area contributed by atoms with Crippen molar-refractivity contribution in [3.63, 3.8) is 0 Å². The van der Waals surface area contributed by atoms with Crippen molar-refractivity contribution in [2.45, 2.75) is 12.1 Å². The normalized spacial score (nSPS) is 12.1. The van der Waals surface area contributed by atoms with Crippen LogP contribution in [0, 0.1) is 0 Å². The molecule has 0 spiro atoms. The van der Waals surface area contributed by atoms with E-state index in [1.165, 1.54) is 4.90 Å². The minimum absolute atomic E-state index is 0.0635. The van der Waals surface area contributed by atoms with Crippen LogP contribution in [0.5, 0.6) is 0 Å². The van der Waals surface area contributed by atoms with E-state index < -0.39 is 55.2 Å². The van der Waals surface area contributed by atoms with Gasteiger partial charge in [0.2, 0.25) is 17.9 Å². The molecule has 0 heterocycles. The number of hydrogen-bond donors (Lipinski definition) is 8. The number of nitrogens with one attached hydrogen (secondary N) is 2. The molecular weight excluding hydrogens is 532 g/mol. The number of carboxylic acid groups (broad SMARTS) is 3. The Morgan fingerprint density at radius 3 is 1.46 bits per heavy atom. The number of ether oxygens (including phenoxy) is 3. The second-order valence-electron chi connectivity index (χ2n) is 7.86. The zero-order valence-corrected chi connectivity index (χ0v) is 21.4. The summed E-state index contributed by atoms with van der Waals surface area (Å²) in [6.45, 7) is -0.994. The van der Waals surface area contributed by atoms with Gasteiger partial charge in [0.15, 0.2) is 6.04 Å². The Morgan fingerprint density at radius 1 is 0.615 bits per heavy atom. The van der Waals surface area contributed by atoms with Gasteiger partial charge in [0.05, 0.1) is 59.3 Å². The van der Waals surface area contributed by atoms with E-state index in [4.69, 9.17) is 35.0 Å². The molecule has 1 atom stereocenters. The third-order valence-electron chi connectivity index (χ3n) is 4.85. The topological polar surface area (TPSA) is 265 Å². The van der Waals surface area contributed by atoms with Crippen molar-refractivity contribution in [3.8, 4) is 0 Å². The van der Waals surface area contributed by atoms with Crippen molar-refractivity contribution in [3.05, 3.63) is 0 Å². The standard InChI is InChI=1S/C21H38N4O14/c26-5-1-24(11-16(29)22-15(19(31)32)13-39-14-28)3-7-37-9-10-38-8-4-25(2-6-27)12-17(30)23-18(20(33)34)21(35)36/h15,18,26-28H,1-14H2,(H,22,29)(H,23,30)(H,31,32)(H,33,34)(H,35,36). The quantitative estimate of drug-likeness (QED) is 0.0289.